The molecule has 0 amide bonds. The van der Waals surface area contributed by atoms with E-state index in [1.165, 1.54) is 26.5 Å². The van der Waals surface area contributed by atoms with Gasteiger partial charge in [-0.15, -0.1) is 0 Å². The molecule has 0 spiro atoms. The van der Waals surface area contributed by atoms with Crippen molar-refractivity contribution < 1.29 is 22.6 Å². The summed E-state index contributed by atoms with van der Waals surface area (Å²) in [5.41, 5.74) is 0.434. The van der Waals surface area contributed by atoms with E-state index >= 15 is 0 Å². The Hall–Kier alpha value is -3.49. The fourth-order valence-electron chi connectivity index (χ4n) is 2.92. The zero-order valence-electron chi connectivity index (χ0n) is 14.9. The van der Waals surface area contributed by atoms with E-state index in [0.29, 0.717) is 34.5 Å². The van der Waals surface area contributed by atoms with Gasteiger partial charge in [0.15, 0.2) is 11.7 Å². The summed E-state index contributed by atoms with van der Waals surface area (Å²) in [6.07, 6.45) is -2.93. The number of methoxy groups -OCH3 is 2. The van der Waals surface area contributed by atoms with E-state index in [4.69, 9.17) is 9.47 Å². The molecule has 0 fully saturated rings. The standard InChI is InChI=1S/C19H15F3N4O2/c1-27-12-4-5-13(23-10-12)18-24-14-9-11(19(20,21)22)3-6-15(14)26(18)16-7-8-17(25-16)28-2/h3-10,25H,1-2H3. The number of halogens is 3. The Bertz CT molecular complexity index is 1130. The number of pyridine rings is 1. The molecule has 1 N–H and O–H groups in total. The smallest absolute Gasteiger partial charge is 0.416 e. The van der Waals surface area contributed by atoms with Gasteiger partial charge in [-0.05, 0) is 36.4 Å². The minimum atomic E-state index is -4.45. The van der Waals surface area contributed by atoms with Crippen LogP contribution < -0.4 is 9.47 Å². The third-order valence-corrected chi connectivity index (χ3v) is 4.29. The molecule has 0 unspecified atom stereocenters. The third-order valence-electron chi connectivity index (χ3n) is 4.29. The Morgan fingerprint density at radius 1 is 1.00 bits per heavy atom. The monoisotopic (exact) mass is 388 g/mol. The first-order chi connectivity index (χ1) is 13.4. The van der Waals surface area contributed by atoms with Crippen LogP contribution in [-0.4, -0.2) is 33.7 Å². The highest BCUT2D eigenvalue weighted by Crippen LogP contribution is 2.34. The number of fused-ring (bicyclic) bond motifs is 1. The molecule has 0 aliphatic rings. The number of rotatable bonds is 4. The van der Waals surface area contributed by atoms with Gasteiger partial charge in [-0.2, -0.15) is 13.2 Å². The Balaban J connectivity index is 1.96. The zero-order chi connectivity index (χ0) is 19.9. The predicted octanol–water partition coefficient (Wildman–Crippen LogP) is 4.45. The number of nitrogens with zero attached hydrogens (tertiary/aromatic N) is 3. The van der Waals surface area contributed by atoms with Crippen molar-refractivity contribution >= 4 is 11.0 Å². The number of H-pyrrole nitrogens is 1. The summed E-state index contributed by atoms with van der Waals surface area (Å²) in [4.78, 5) is 11.8. The fourth-order valence-corrected chi connectivity index (χ4v) is 2.92. The van der Waals surface area contributed by atoms with Crippen LogP contribution in [0.15, 0.2) is 48.7 Å². The average Bonchev–Trinajstić information content (AvgIpc) is 3.30. The van der Waals surface area contributed by atoms with Crippen molar-refractivity contribution in [2.75, 3.05) is 14.2 Å². The Kier molecular flexibility index (Phi) is 4.21. The Morgan fingerprint density at radius 2 is 1.82 bits per heavy atom. The van der Waals surface area contributed by atoms with E-state index in [1.54, 1.807) is 28.8 Å². The molecule has 0 atom stereocenters. The van der Waals surface area contributed by atoms with Crippen molar-refractivity contribution in [3.63, 3.8) is 0 Å². The van der Waals surface area contributed by atoms with Crippen LogP contribution in [0.4, 0.5) is 13.2 Å². The van der Waals surface area contributed by atoms with Gasteiger partial charge < -0.3 is 14.5 Å². The zero-order valence-corrected chi connectivity index (χ0v) is 14.9. The molecule has 0 saturated carbocycles. The first kappa shape index (κ1) is 17.9. The van der Waals surface area contributed by atoms with Gasteiger partial charge in [0.1, 0.15) is 17.3 Å². The molecule has 0 saturated heterocycles. The molecule has 1 aromatic carbocycles. The van der Waals surface area contributed by atoms with Gasteiger partial charge in [-0.3, -0.25) is 4.57 Å². The van der Waals surface area contributed by atoms with Crippen molar-refractivity contribution in [2.24, 2.45) is 0 Å². The summed E-state index contributed by atoms with van der Waals surface area (Å²) >= 11 is 0. The lowest BCUT2D eigenvalue weighted by Gasteiger charge is -2.08. The number of nitrogens with one attached hydrogen (secondary N) is 1. The van der Waals surface area contributed by atoms with Gasteiger partial charge in [0.25, 0.3) is 0 Å². The van der Waals surface area contributed by atoms with Crippen LogP contribution in [0, 0.1) is 0 Å². The lowest BCUT2D eigenvalue weighted by Crippen LogP contribution is -2.04. The topological polar surface area (TPSA) is 65.0 Å². The number of aromatic nitrogens is 4. The highest BCUT2D eigenvalue weighted by Gasteiger charge is 2.31. The SMILES string of the molecule is COc1ccc(-c2nc3cc(C(F)(F)F)ccc3n2-c2ccc(OC)[nH]2)nc1. The van der Waals surface area contributed by atoms with Crippen LogP contribution in [0.25, 0.3) is 28.4 Å². The second kappa shape index (κ2) is 6.59. The molecular weight excluding hydrogens is 373 g/mol. The molecule has 3 aromatic heterocycles. The van der Waals surface area contributed by atoms with E-state index in [0.717, 1.165) is 12.1 Å². The second-order valence-electron chi connectivity index (χ2n) is 5.97. The maximum Gasteiger partial charge on any atom is 0.416 e. The average molecular weight is 388 g/mol. The molecule has 0 aliphatic heterocycles. The quantitative estimate of drug-likeness (QED) is 0.561. The van der Waals surface area contributed by atoms with E-state index in [2.05, 4.69) is 15.0 Å². The molecule has 0 aliphatic carbocycles. The molecule has 4 aromatic rings. The van der Waals surface area contributed by atoms with Crippen molar-refractivity contribution in [3.05, 3.63) is 54.2 Å². The van der Waals surface area contributed by atoms with E-state index in [1.807, 2.05) is 0 Å². The van der Waals surface area contributed by atoms with Gasteiger partial charge in [-0.1, -0.05) is 0 Å². The molecule has 6 nitrogen and oxygen atoms in total. The van der Waals surface area contributed by atoms with Crippen LogP contribution in [0.3, 0.4) is 0 Å². The largest absolute Gasteiger partial charge is 0.495 e. The van der Waals surface area contributed by atoms with Crippen molar-refractivity contribution in [2.45, 2.75) is 6.18 Å². The van der Waals surface area contributed by atoms with Gasteiger partial charge >= 0.3 is 6.18 Å². The first-order valence-electron chi connectivity index (χ1n) is 8.24. The van der Waals surface area contributed by atoms with E-state index in [-0.39, 0.29) is 5.52 Å². The summed E-state index contributed by atoms with van der Waals surface area (Å²) in [5, 5.41) is 0. The maximum absolute atomic E-state index is 13.1. The van der Waals surface area contributed by atoms with Crippen molar-refractivity contribution in [1.82, 2.24) is 19.5 Å². The molecule has 3 heterocycles. The number of alkyl halides is 3. The molecule has 4 rings (SSSR count). The van der Waals surface area contributed by atoms with Crippen LogP contribution >= 0.6 is 0 Å². The van der Waals surface area contributed by atoms with Gasteiger partial charge in [0.05, 0.1) is 37.0 Å². The van der Waals surface area contributed by atoms with Crippen LogP contribution in [0.1, 0.15) is 5.56 Å². The number of aromatic amines is 1. The summed E-state index contributed by atoms with van der Waals surface area (Å²) in [5.74, 6) is 2.05. The summed E-state index contributed by atoms with van der Waals surface area (Å²) in [7, 11) is 3.04. The Morgan fingerprint density at radius 3 is 2.43 bits per heavy atom. The van der Waals surface area contributed by atoms with Gasteiger partial charge in [-0.25, -0.2) is 9.97 Å². The number of benzene rings is 1. The molecule has 144 valence electrons. The number of ether oxygens (including phenoxy) is 2. The van der Waals surface area contributed by atoms with Gasteiger partial charge in [0, 0.05) is 6.07 Å². The van der Waals surface area contributed by atoms with Crippen LogP contribution in [0.2, 0.25) is 0 Å². The maximum atomic E-state index is 13.1. The fraction of sp³-hybridized carbons (Fsp3) is 0.158. The van der Waals surface area contributed by atoms with Crippen LogP contribution in [0.5, 0.6) is 11.6 Å². The molecule has 9 heteroatoms. The molecular formula is C19H15F3N4O2. The van der Waals surface area contributed by atoms with Crippen molar-refractivity contribution in [1.29, 1.82) is 0 Å². The highest BCUT2D eigenvalue weighted by molar-refractivity contribution is 5.83. The molecule has 0 bridgehead atoms. The summed E-state index contributed by atoms with van der Waals surface area (Å²) in [6.45, 7) is 0. The molecule has 0 radical (unpaired) electrons. The lowest BCUT2D eigenvalue weighted by molar-refractivity contribution is -0.137. The number of imidazole rings is 1. The minimum Gasteiger partial charge on any atom is -0.495 e. The minimum absolute atomic E-state index is 0.205. The lowest BCUT2D eigenvalue weighted by atomic mass is 10.2. The number of hydrogen-bond donors (Lipinski definition) is 1. The van der Waals surface area contributed by atoms with Crippen LogP contribution in [-0.2, 0) is 6.18 Å². The number of hydrogen-bond acceptors (Lipinski definition) is 4. The first-order valence-corrected chi connectivity index (χ1v) is 8.24. The third kappa shape index (κ3) is 3.04. The highest BCUT2D eigenvalue weighted by atomic mass is 19.4. The predicted molar refractivity (Wildman–Crippen MR) is 96.8 cm³/mol. The molecule has 28 heavy (non-hydrogen) atoms. The van der Waals surface area contributed by atoms with Crippen molar-refractivity contribution in [3.8, 4) is 29.0 Å². The second-order valence-corrected chi connectivity index (χ2v) is 5.97. The summed E-state index contributed by atoms with van der Waals surface area (Å²) < 4.78 is 51.3. The van der Waals surface area contributed by atoms with E-state index in [9.17, 15) is 13.2 Å². The van der Waals surface area contributed by atoms with E-state index < -0.39 is 11.7 Å². The summed E-state index contributed by atoms with van der Waals surface area (Å²) in [6, 6.07) is 10.3. The van der Waals surface area contributed by atoms with Gasteiger partial charge in [0.2, 0.25) is 0 Å². The normalized spacial score (nSPS) is 11.8. The Labute approximate surface area is 157 Å².